The summed E-state index contributed by atoms with van der Waals surface area (Å²) in [4.78, 5) is 22.2. The molecule has 18 heavy (non-hydrogen) atoms. The largest absolute Gasteiger partial charge is 0.480 e. The monoisotopic (exact) mass is 247 g/mol. The molecule has 0 aromatic heterocycles. The average Bonchev–Trinajstić information content (AvgIpc) is 3.09. The first-order valence-electron chi connectivity index (χ1n) is 6.15. The van der Waals surface area contributed by atoms with Gasteiger partial charge in [0.15, 0.2) is 0 Å². The Bertz CT molecular complexity index is 444. The van der Waals surface area contributed by atoms with Gasteiger partial charge in [-0.05, 0) is 30.7 Å². The molecule has 4 nitrogen and oxygen atoms in total. The third-order valence-corrected chi connectivity index (χ3v) is 3.35. The fourth-order valence-electron chi connectivity index (χ4n) is 2.18. The molecule has 0 spiro atoms. The summed E-state index contributed by atoms with van der Waals surface area (Å²) in [6.45, 7) is 1.47. The lowest BCUT2D eigenvalue weighted by molar-refractivity contribution is -0.141. The third kappa shape index (κ3) is 3.09. The maximum Gasteiger partial charge on any atom is 0.325 e. The summed E-state index contributed by atoms with van der Waals surface area (Å²) < 4.78 is 0. The van der Waals surface area contributed by atoms with Crippen molar-refractivity contribution in [2.45, 2.75) is 31.7 Å². The molecule has 1 aliphatic rings. The maximum absolute atomic E-state index is 11.6. The van der Waals surface area contributed by atoms with Crippen LogP contribution >= 0.6 is 0 Å². The van der Waals surface area contributed by atoms with Gasteiger partial charge in [-0.2, -0.15) is 0 Å². The van der Waals surface area contributed by atoms with Gasteiger partial charge in [0.2, 0.25) is 5.91 Å². The van der Waals surface area contributed by atoms with Crippen molar-refractivity contribution in [2.75, 3.05) is 0 Å². The van der Waals surface area contributed by atoms with Crippen molar-refractivity contribution >= 4 is 11.9 Å². The fraction of sp³-hybridized carbons (Fsp3) is 0.429. The van der Waals surface area contributed by atoms with Crippen LogP contribution in [0.5, 0.6) is 0 Å². The molecule has 0 aliphatic heterocycles. The van der Waals surface area contributed by atoms with E-state index in [9.17, 15) is 9.59 Å². The molecule has 4 heteroatoms. The van der Waals surface area contributed by atoms with Crippen LogP contribution in [0.25, 0.3) is 0 Å². The molecule has 0 heterocycles. The summed E-state index contributed by atoms with van der Waals surface area (Å²) in [6, 6.07) is 9.30. The molecule has 2 rings (SSSR count). The highest BCUT2D eigenvalue weighted by molar-refractivity contribution is 5.83. The first-order valence-corrected chi connectivity index (χ1v) is 6.15. The van der Waals surface area contributed by atoms with Crippen LogP contribution in [0.4, 0.5) is 0 Å². The second-order valence-electron chi connectivity index (χ2n) is 4.84. The van der Waals surface area contributed by atoms with Crippen LogP contribution in [0.2, 0.25) is 0 Å². The zero-order chi connectivity index (χ0) is 13.1. The standard InChI is InChI=1S/C14H17NO3/c1-9(14(17)18)15-13(16)8-11-7-12(11)10-5-3-2-4-6-10/h2-6,9,11-12H,7-8H2,1H3,(H,15,16)(H,17,18)/t9?,11-,12-/m0/s1. The van der Waals surface area contributed by atoms with Crippen molar-refractivity contribution in [3.05, 3.63) is 35.9 Å². The van der Waals surface area contributed by atoms with Gasteiger partial charge in [-0.15, -0.1) is 0 Å². The number of amides is 1. The van der Waals surface area contributed by atoms with E-state index in [0.29, 0.717) is 18.3 Å². The highest BCUT2D eigenvalue weighted by atomic mass is 16.4. The van der Waals surface area contributed by atoms with E-state index < -0.39 is 12.0 Å². The average molecular weight is 247 g/mol. The number of carboxylic acid groups (broad SMARTS) is 1. The summed E-state index contributed by atoms with van der Waals surface area (Å²) in [7, 11) is 0. The lowest BCUT2D eigenvalue weighted by Crippen LogP contribution is -2.38. The molecule has 1 saturated carbocycles. The first kappa shape index (κ1) is 12.6. The number of nitrogens with one attached hydrogen (secondary N) is 1. The number of benzene rings is 1. The highest BCUT2D eigenvalue weighted by Gasteiger charge is 2.39. The van der Waals surface area contributed by atoms with E-state index in [2.05, 4.69) is 17.4 Å². The van der Waals surface area contributed by atoms with Crippen LogP contribution in [0.1, 0.15) is 31.2 Å². The molecular formula is C14H17NO3. The lowest BCUT2D eigenvalue weighted by Gasteiger charge is -2.08. The predicted molar refractivity (Wildman–Crippen MR) is 67.1 cm³/mol. The van der Waals surface area contributed by atoms with Gasteiger partial charge in [0.1, 0.15) is 6.04 Å². The molecule has 0 bridgehead atoms. The predicted octanol–water partition coefficient (Wildman–Crippen LogP) is 1.77. The SMILES string of the molecule is CC(NC(=O)C[C@@H]1C[C@H]1c1ccccc1)C(=O)O. The first-order chi connectivity index (χ1) is 8.58. The van der Waals surface area contributed by atoms with Crippen molar-refractivity contribution in [1.82, 2.24) is 5.32 Å². The number of aliphatic carboxylic acids is 1. The Labute approximate surface area is 106 Å². The second-order valence-corrected chi connectivity index (χ2v) is 4.84. The minimum absolute atomic E-state index is 0.173. The molecule has 1 unspecified atom stereocenters. The number of carbonyl (C=O) groups is 2. The van der Waals surface area contributed by atoms with Crippen molar-refractivity contribution < 1.29 is 14.7 Å². The number of rotatable bonds is 5. The minimum atomic E-state index is -1.00. The normalized spacial score (nSPS) is 23.2. The van der Waals surface area contributed by atoms with Crippen LogP contribution in [0.15, 0.2) is 30.3 Å². The van der Waals surface area contributed by atoms with Crippen LogP contribution in [0.3, 0.4) is 0 Å². The molecular weight excluding hydrogens is 230 g/mol. The zero-order valence-electron chi connectivity index (χ0n) is 10.3. The van der Waals surface area contributed by atoms with Crippen LogP contribution in [-0.4, -0.2) is 23.0 Å². The van der Waals surface area contributed by atoms with E-state index in [4.69, 9.17) is 5.11 Å². The Morgan fingerprint density at radius 1 is 1.39 bits per heavy atom. The van der Waals surface area contributed by atoms with Gasteiger partial charge >= 0.3 is 5.97 Å². The van der Waals surface area contributed by atoms with Gasteiger partial charge in [-0.25, -0.2) is 0 Å². The second kappa shape index (κ2) is 5.21. The van der Waals surface area contributed by atoms with E-state index >= 15 is 0 Å². The van der Waals surface area contributed by atoms with Crippen molar-refractivity contribution in [1.29, 1.82) is 0 Å². The summed E-state index contributed by atoms with van der Waals surface area (Å²) in [5.41, 5.74) is 1.27. The van der Waals surface area contributed by atoms with Crippen molar-refractivity contribution in [3.63, 3.8) is 0 Å². The third-order valence-electron chi connectivity index (χ3n) is 3.35. The molecule has 1 amide bonds. The van der Waals surface area contributed by atoms with Crippen LogP contribution in [0, 0.1) is 5.92 Å². The number of carboxylic acids is 1. The molecule has 2 N–H and O–H groups in total. The van der Waals surface area contributed by atoms with E-state index in [1.54, 1.807) is 0 Å². The highest BCUT2D eigenvalue weighted by Crippen LogP contribution is 2.49. The smallest absolute Gasteiger partial charge is 0.325 e. The quantitative estimate of drug-likeness (QED) is 0.833. The number of carbonyl (C=O) groups excluding carboxylic acids is 1. The van der Waals surface area contributed by atoms with Gasteiger partial charge in [-0.3, -0.25) is 9.59 Å². The zero-order valence-corrected chi connectivity index (χ0v) is 10.3. The topological polar surface area (TPSA) is 66.4 Å². The summed E-state index contributed by atoms with van der Waals surface area (Å²) >= 11 is 0. The van der Waals surface area contributed by atoms with E-state index in [-0.39, 0.29) is 5.91 Å². The summed E-state index contributed by atoms with van der Waals surface area (Å²) in [6.07, 6.45) is 1.43. The molecule has 3 atom stereocenters. The molecule has 1 aromatic carbocycles. The maximum atomic E-state index is 11.6. The van der Waals surface area contributed by atoms with E-state index in [0.717, 1.165) is 6.42 Å². The van der Waals surface area contributed by atoms with Crippen LogP contribution in [-0.2, 0) is 9.59 Å². The Balaban J connectivity index is 1.80. The van der Waals surface area contributed by atoms with Gasteiger partial charge in [0.05, 0.1) is 0 Å². The Morgan fingerprint density at radius 3 is 2.67 bits per heavy atom. The van der Waals surface area contributed by atoms with Crippen molar-refractivity contribution in [2.24, 2.45) is 5.92 Å². The Hall–Kier alpha value is -1.84. The van der Waals surface area contributed by atoms with Gasteiger partial charge in [-0.1, -0.05) is 30.3 Å². The fourth-order valence-corrected chi connectivity index (χ4v) is 2.18. The minimum Gasteiger partial charge on any atom is -0.480 e. The summed E-state index contributed by atoms with van der Waals surface area (Å²) in [5.74, 6) is -0.363. The molecule has 1 aliphatic carbocycles. The molecule has 0 radical (unpaired) electrons. The van der Waals surface area contributed by atoms with Gasteiger partial charge in [0, 0.05) is 6.42 Å². The van der Waals surface area contributed by atoms with Crippen molar-refractivity contribution in [3.8, 4) is 0 Å². The van der Waals surface area contributed by atoms with Gasteiger partial charge < -0.3 is 10.4 Å². The van der Waals surface area contributed by atoms with Crippen LogP contribution < -0.4 is 5.32 Å². The van der Waals surface area contributed by atoms with E-state index in [1.807, 2.05) is 18.2 Å². The summed E-state index contributed by atoms with van der Waals surface area (Å²) in [5, 5.41) is 11.2. The molecule has 96 valence electrons. The molecule has 1 fully saturated rings. The number of hydrogen-bond donors (Lipinski definition) is 2. The van der Waals surface area contributed by atoms with E-state index in [1.165, 1.54) is 12.5 Å². The Morgan fingerprint density at radius 2 is 2.06 bits per heavy atom. The Kier molecular flexibility index (Phi) is 3.65. The molecule has 1 aromatic rings. The van der Waals surface area contributed by atoms with Gasteiger partial charge in [0.25, 0.3) is 0 Å². The lowest BCUT2D eigenvalue weighted by atomic mass is 10.1. The number of hydrogen-bond acceptors (Lipinski definition) is 2. The molecule has 0 saturated heterocycles.